The summed E-state index contributed by atoms with van der Waals surface area (Å²) in [5.74, 6) is 1.71. The molecule has 0 bridgehead atoms. The topological polar surface area (TPSA) is 48.9 Å². The maximum atomic E-state index is 5.69. The van der Waals surface area contributed by atoms with Crippen molar-refractivity contribution in [2.75, 3.05) is 33.3 Å². The number of hydrogen-bond acceptors (Lipinski definition) is 4. The van der Waals surface area contributed by atoms with Gasteiger partial charge in [0.2, 0.25) is 0 Å². The Morgan fingerprint density at radius 1 is 1.27 bits per heavy atom. The van der Waals surface area contributed by atoms with Gasteiger partial charge in [-0.15, -0.1) is 11.3 Å². The summed E-state index contributed by atoms with van der Waals surface area (Å²) in [6, 6.07) is 12.6. The fourth-order valence-corrected chi connectivity index (χ4v) is 3.99. The number of benzene rings is 1. The van der Waals surface area contributed by atoms with Crippen LogP contribution in [0.4, 0.5) is 0 Å². The van der Waals surface area contributed by atoms with E-state index in [0.717, 1.165) is 31.3 Å². The molecule has 0 spiro atoms. The molecule has 0 saturated carbocycles. The Bertz CT molecular complexity index is 701. The lowest BCUT2D eigenvalue weighted by Crippen LogP contribution is -2.47. The quantitative estimate of drug-likeness (QED) is 0.446. The van der Waals surface area contributed by atoms with Gasteiger partial charge in [0.05, 0.1) is 6.54 Å². The van der Waals surface area contributed by atoms with Crippen LogP contribution in [0.25, 0.3) is 0 Å². The largest absolute Gasteiger partial charge is 0.492 e. The molecule has 1 unspecified atom stereocenters. The highest BCUT2D eigenvalue weighted by Gasteiger charge is 2.21. The second-order valence-corrected chi connectivity index (χ2v) is 7.48. The predicted molar refractivity (Wildman–Crippen MR) is 109 cm³/mol. The zero-order valence-electron chi connectivity index (χ0n) is 15.6. The molecule has 1 aliphatic heterocycles. The molecular formula is C20H28N4OS. The standard InChI is InChI=1S/C20H28N4OS/c1-16(24-11-8-19-17(15-24)9-13-26-19)14-23-20(21-2)22-10-12-25-18-6-4-3-5-7-18/h3-7,9,13,16H,8,10-12,14-15H2,1-2H3,(H2,21,22,23). The summed E-state index contributed by atoms with van der Waals surface area (Å²) >= 11 is 1.89. The van der Waals surface area contributed by atoms with Gasteiger partial charge in [0.25, 0.3) is 0 Å². The average molecular weight is 373 g/mol. The summed E-state index contributed by atoms with van der Waals surface area (Å²) in [5, 5.41) is 8.94. The first kappa shape index (κ1) is 18.7. The first-order valence-electron chi connectivity index (χ1n) is 9.18. The molecule has 140 valence electrons. The highest BCUT2D eigenvalue weighted by Crippen LogP contribution is 2.24. The van der Waals surface area contributed by atoms with Crippen LogP contribution < -0.4 is 15.4 Å². The van der Waals surface area contributed by atoms with Crippen molar-refractivity contribution in [3.63, 3.8) is 0 Å². The lowest BCUT2D eigenvalue weighted by Gasteiger charge is -2.32. The minimum absolute atomic E-state index is 0.460. The molecular weight excluding hydrogens is 344 g/mol. The molecule has 26 heavy (non-hydrogen) atoms. The lowest BCUT2D eigenvalue weighted by atomic mass is 10.1. The zero-order chi connectivity index (χ0) is 18.2. The summed E-state index contributed by atoms with van der Waals surface area (Å²) in [7, 11) is 1.80. The molecule has 1 atom stereocenters. The molecule has 0 fully saturated rings. The number of hydrogen-bond donors (Lipinski definition) is 2. The first-order valence-corrected chi connectivity index (χ1v) is 10.1. The highest BCUT2D eigenvalue weighted by atomic mass is 32.1. The smallest absolute Gasteiger partial charge is 0.191 e. The zero-order valence-corrected chi connectivity index (χ0v) is 16.4. The third-order valence-electron chi connectivity index (χ3n) is 4.66. The van der Waals surface area contributed by atoms with Crippen molar-refractivity contribution >= 4 is 17.3 Å². The molecule has 2 aromatic rings. The van der Waals surface area contributed by atoms with Gasteiger partial charge in [-0.2, -0.15) is 0 Å². The molecule has 2 N–H and O–H groups in total. The van der Waals surface area contributed by atoms with Crippen molar-refractivity contribution in [3.8, 4) is 5.75 Å². The second-order valence-electron chi connectivity index (χ2n) is 6.48. The van der Waals surface area contributed by atoms with E-state index < -0.39 is 0 Å². The first-order chi connectivity index (χ1) is 12.8. The lowest BCUT2D eigenvalue weighted by molar-refractivity contribution is 0.192. The minimum Gasteiger partial charge on any atom is -0.492 e. The number of guanidine groups is 1. The molecule has 1 aromatic carbocycles. The van der Waals surface area contributed by atoms with E-state index in [1.165, 1.54) is 12.0 Å². The Morgan fingerprint density at radius 3 is 2.92 bits per heavy atom. The van der Waals surface area contributed by atoms with Crippen LogP contribution in [-0.4, -0.2) is 50.2 Å². The molecule has 0 saturated heterocycles. The van der Waals surface area contributed by atoms with E-state index in [-0.39, 0.29) is 0 Å². The monoisotopic (exact) mass is 372 g/mol. The van der Waals surface area contributed by atoms with Crippen molar-refractivity contribution in [2.24, 2.45) is 4.99 Å². The van der Waals surface area contributed by atoms with Gasteiger partial charge in [-0.05, 0) is 42.5 Å². The highest BCUT2D eigenvalue weighted by molar-refractivity contribution is 7.10. The van der Waals surface area contributed by atoms with Gasteiger partial charge in [-0.25, -0.2) is 0 Å². The maximum absolute atomic E-state index is 5.69. The fraction of sp³-hybridized carbons (Fsp3) is 0.450. The number of nitrogens with zero attached hydrogens (tertiary/aromatic N) is 2. The Morgan fingerprint density at radius 2 is 2.12 bits per heavy atom. The summed E-state index contributed by atoms with van der Waals surface area (Å²) in [6.07, 6.45) is 1.17. The van der Waals surface area contributed by atoms with Crippen LogP contribution in [0.1, 0.15) is 17.4 Å². The van der Waals surface area contributed by atoms with E-state index >= 15 is 0 Å². The Labute approximate surface area is 160 Å². The van der Waals surface area contributed by atoms with Gasteiger partial charge >= 0.3 is 0 Å². The van der Waals surface area contributed by atoms with Crippen LogP contribution >= 0.6 is 11.3 Å². The molecule has 1 aliphatic rings. The molecule has 0 radical (unpaired) electrons. The van der Waals surface area contributed by atoms with Crippen LogP contribution in [-0.2, 0) is 13.0 Å². The van der Waals surface area contributed by atoms with Gasteiger partial charge in [-0.3, -0.25) is 9.89 Å². The molecule has 0 amide bonds. The number of fused-ring (bicyclic) bond motifs is 1. The van der Waals surface area contributed by atoms with Crippen LogP contribution in [0.5, 0.6) is 5.75 Å². The summed E-state index contributed by atoms with van der Waals surface area (Å²) < 4.78 is 5.69. The van der Waals surface area contributed by atoms with E-state index in [9.17, 15) is 0 Å². The SMILES string of the molecule is CN=C(NCCOc1ccccc1)NCC(C)N1CCc2sccc2C1. The molecule has 3 rings (SSSR count). The number of thiophene rings is 1. The summed E-state index contributed by atoms with van der Waals surface area (Å²) in [4.78, 5) is 8.39. The van der Waals surface area contributed by atoms with Gasteiger partial charge in [0.15, 0.2) is 5.96 Å². The predicted octanol–water partition coefficient (Wildman–Crippen LogP) is 2.74. The molecule has 0 aliphatic carbocycles. The van der Waals surface area contributed by atoms with E-state index in [1.54, 1.807) is 11.9 Å². The van der Waals surface area contributed by atoms with Crippen molar-refractivity contribution in [3.05, 3.63) is 52.2 Å². The summed E-state index contributed by atoms with van der Waals surface area (Å²) in [5.41, 5.74) is 1.49. The number of aliphatic imine (C=N–C) groups is 1. The van der Waals surface area contributed by atoms with Crippen molar-refractivity contribution in [1.82, 2.24) is 15.5 Å². The third kappa shape index (κ3) is 5.22. The van der Waals surface area contributed by atoms with Crippen molar-refractivity contribution < 1.29 is 4.74 Å². The second kappa shape index (κ2) is 9.59. The Kier molecular flexibility index (Phi) is 6.91. The number of para-hydroxylation sites is 1. The molecule has 6 heteroatoms. The number of rotatable bonds is 7. The van der Waals surface area contributed by atoms with Crippen LogP contribution in [0.3, 0.4) is 0 Å². The van der Waals surface area contributed by atoms with Crippen molar-refractivity contribution in [2.45, 2.75) is 25.9 Å². The number of nitrogens with one attached hydrogen (secondary N) is 2. The molecule has 5 nitrogen and oxygen atoms in total. The van der Waals surface area contributed by atoms with Gasteiger partial charge in [-0.1, -0.05) is 18.2 Å². The van der Waals surface area contributed by atoms with Gasteiger partial charge in [0.1, 0.15) is 12.4 Å². The van der Waals surface area contributed by atoms with Crippen LogP contribution in [0, 0.1) is 0 Å². The minimum atomic E-state index is 0.460. The summed E-state index contributed by atoms with van der Waals surface area (Å²) in [6.45, 7) is 6.65. The van der Waals surface area contributed by atoms with Crippen LogP contribution in [0.2, 0.25) is 0 Å². The fourth-order valence-electron chi connectivity index (χ4n) is 3.10. The van der Waals surface area contributed by atoms with E-state index in [2.05, 4.69) is 38.9 Å². The third-order valence-corrected chi connectivity index (χ3v) is 5.68. The number of ether oxygens (including phenoxy) is 1. The Balaban J connectivity index is 1.36. The van der Waals surface area contributed by atoms with Crippen molar-refractivity contribution in [1.29, 1.82) is 0 Å². The average Bonchev–Trinajstić information content (AvgIpc) is 3.16. The van der Waals surface area contributed by atoms with Gasteiger partial charge < -0.3 is 15.4 Å². The van der Waals surface area contributed by atoms with E-state index in [1.807, 2.05) is 41.7 Å². The molecule has 2 heterocycles. The maximum Gasteiger partial charge on any atom is 0.191 e. The van der Waals surface area contributed by atoms with Gasteiger partial charge in [0, 0.05) is 37.6 Å². The Hall–Kier alpha value is -2.05. The molecule has 1 aromatic heterocycles. The normalized spacial score (nSPS) is 16.0. The van der Waals surface area contributed by atoms with E-state index in [0.29, 0.717) is 19.2 Å². The van der Waals surface area contributed by atoms with Crippen LogP contribution in [0.15, 0.2) is 46.8 Å². The van der Waals surface area contributed by atoms with E-state index in [4.69, 9.17) is 4.74 Å².